The van der Waals surface area contributed by atoms with Gasteiger partial charge in [-0.15, -0.1) is 0 Å². The molecule has 1 fully saturated rings. The zero-order chi connectivity index (χ0) is 14.6. The zero-order valence-corrected chi connectivity index (χ0v) is 14.6. The van der Waals surface area contributed by atoms with E-state index in [1.54, 1.807) is 6.92 Å². The molecule has 20 heavy (non-hydrogen) atoms. The van der Waals surface area contributed by atoms with Crippen LogP contribution in [0.1, 0.15) is 30.1 Å². The summed E-state index contributed by atoms with van der Waals surface area (Å²) < 4.78 is 12.3. The molecule has 0 spiro atoms. The van der Waals surface area contributed by atoms with Crippen molar-refractivity contribution in [3.05, 3.63) is 28.2 Å². The number of ether oxygens (including phenoxy) is 2. The number of hydrogen-bond donors (Lipinski definition) is 0. The van der Waals surface area contributed by atoms with Gasteiger partial charge in [0.25, 0.3) is 0 Å². The highest BCUT2D eigenvalue weighted by atomic mass is 79.9. The van der Waals surface area contributed by atoms with Crippen LogP contribution in [0.15, 0.2) is 22.7 Å². The molecule has 1 heterocycles. The molecule has 1 aromatic carbocycles. The van der Waals surface area contributed by atoms with E-state index < -0.39 is 0 Å². The second-order valence-corrected chi connectivity index (χ2v) is 6.71. The molecule has 3 nitrogen and oxygen atoms in total. The van der Waals surface area contributed by atoms with Gasteiger partial charge in [-0.2, -0.15) is 0 Å². The average Bonchev–Trinajstić information content (AvgIpc) is 2.47. The van der Waals surface area contributed by atoms with Crippen molar-refractivity contribution in [2.24, 2.45) is 5.41 Å². The SMILES string of the molecule is CC(=O)c1cc(Br)ccc1OCC1(CBr)CCOCC1. The van der Waals surface area contributed by atoms with Gasteiger partial charge in [0.2, 0.25) is 0 Å². The topological polar surface area (TPSA) is 35.5 Å². The van der Waals surface area contributed by atoms with Gasteiger partial charge in [0.1, 0.15) is 5.75 Å². The number of Topliss-reactive ketones (excluding diaryl/α,β-unsaturated/α-hetero) is 1. The molecule has 0 unspecified atom stereocenters. The number of alkyl halides is 1. The van der Waals surface area contributed by atoms with Gasteiger partial charge in [-0.05, 0) is 38.0 Å². The minimum absolute atomic E-state index is 0.0150. The van der Waals surface area contributed by atoms with Gasteiger partial charge in [-0.1, -0.05) is 31.9 Å². The Labute approximate surface area is 136 Å². The molecule has 110 valence electrons. The molecule has 0 amide bonds. The molecule has 0 saturated carbocycles. The highest BCUT2D eigenvalue weighted by Gasteiger charge is 2.32. The predicted molar refractivity (Wildman–Crippen MR) is 85.9 cm³/mol. The van der Waals surface area contributed by atoms with Crippen LogP contribution in [0.2, 0.25) is 0 Å². The van der Waals surface area contributed by atoms with Crippen molar-refractivity contribution in [1.29, 1.82) is 0 Å². The normalized spacial score (nSPS) is 17.8. The van der Waals surface area contributed by atoms with Crippen LogP contribution in [0.25, 0.3) is 0 Å². The van der Waals surface area contributed by atoms with Crippen molar-refractivity contribution in [1.82, 2.24) is 0 Å². The molecule has 0 bridgehead atoms. The van der Waals surface area contributed by atoms with E-state index in [4.69, 9.17) is 9.47 Å². The standard InChI is InChI=1S/C15H18Br2O3/c1-11(18)13-8-12(17)2-3-14(13)20-10-15(9-16)4-6-19-7-5-15/h2-3,8H,4-7,9-10H2,1H3. The lowest BCUT2D eigenvalue weighted by molar-refractivity contribution is 0.00340. The second kappa shape index (κ2) is 7.05. The number of carbonyl (C=O) groups is 1. The first-order chi connectivity index (χ1) is 9.56. The lowest BCUT2D eigenvalue weighted by Crippen LogP contribution is -2.36. The molecule has 0 atom stereocenters. The first kappa shape index (κ1) is 16.0. The maximum absolute atomic E-state index is 11.7. The molecule has 0 radical (unpaired) electrons. The molecule has 1 aliphatic rings. The third-order valence-corrected chi connectivity index (χ3v) is 5.37. The fourth-order valence-electron chi connectivity index (χ4n) is 2.25. The van der Waals surface area contributed by atoms with Gasteiger partial charge in [-0.3, -0.25) is 4.79 Å². The number of halogens is 2. The number of rotatable bonds is 5. The monoisotopic (exact) mass is 404 g/mol. The summed E-state index contributed by atoms with van der Waals surface area (Å²) in [4.78, 5) is 11.7. The Morgan fingerprint density at radius 1 is 1.40 bits per heavy atom. The fourth-order valence-corrected chi connectivity index (χ4v) is 3.34. The van der Waals surface area contributed by atoms with E-state index in [2.05, 4.69) is 31.9 Å². The van der Waals surface area contributed by atoms with Gasteiger partial charge in [0.15, 0.2) is 5.78 Å². The lowest BCUT2D eigenvalue weighted by Gasteiger charge is -2.35. The van der Waals surface area contributed by atoms with Crippen LogP contribution in [0, 0.1) is 5.41 Å². The Morgan fingerprint density at radius 3 is 2.70 bits per heavy atom. The molecule has 1 saturated heterocycles. The Morgan fingerprint density at radius 2 is 2.10 bits per heavy atom. The highest BCUT2D eigenvalue weighted by molar-refractivity contribution is 9.10. The summed E-state index contributed by atoms with van der Waals surface area (Å²) in [6.07, 6.45) is 1.95. The Bertz CT molecular complexity index is 482. The lowest BCUT2D eigenvalue weighted by atomic mass is 9.83. The molecule has 0 aliphatic carbocycles. The van der Waals surface area contributed by atoms with E-state index in [1.807, 2.05) is 18.2 Å². The predicted octanol–water partition coefficient (Wildman–Crippen LogP) is 4.22. The summed E-state index contributed by atoms with van der Waals surface area (Å²) in [6, 6.07) is 5.55. The van der Waals surface area contributed by atoms with Gasteiger partial charge in [-0.25, -0.2) is 0 Å². The smallest absolute Gasteiger partial charge is 0.163 e. The van der Waals surface area contributed by atoms with Crippen LogP contribution in [0.5, 0.6) is 5.75 Å². The molecule has 2 rings (SSSR count). The number of hydrogen-bond acceptors (Lipinski definition) is 3. The first-order valence-electron chi connectivity index (χ1n) is 6.63. The van der Waals surface area contributed by atoms with E-state index in [0.717, 1.165) is 35.9 Å². The van der Waals surface area contributed by atoms with Crippen molar-refractivity contribution in [2.45, 2.75) is 19.8 Å². The quantitative estimate of drug-likeness (QED) is 0.543. The third-order valence-electron chi connectivity index (χ3n) is 3.69. The Balaban J connectivity index is 2.11. The minimum Gasteiger partial charge on any atom is -0.492 e. The van der Waals surface area contributed by atoms with Gasteiger partial charge >= 0.3 is 0 Å². The maximum Gasteiger partial charge on any atom is 0.163 e. The fraction of sp³-hybridized carbons (Fsp3) is 0.533. The van der Waals surface area contributed by atoms with E-state index in [0.29, 0.717) is 17.9 Å². The molecule has 1 aromatic rings. The number of carbonyl (C=O) groups excluding carboxylic acids is 1. The first-order valence-corrected chi connectivity index (χ1v) is 8.55. The summed E-state index contributed by atoms with van der Waals surface area (Å²) in [5.41, 5.74) is 0.718. The van der Waals surface area contributed by atoms with Crippen molar-refractivity contribution in [3.8, 4) is 5.75 Å². The average molecular weight is 406 g/mol. The summed E-state index contributed by atoms with van der Waals surface area (Å²) in [6.45, 7) is 3.70. The molecule has 5 heteroatoms. The summed E-state index contributed by atoms with van der Waals surface area (Å²) in [5.74, 6) is 0.675. The van der Waals surface area contributed by atoms with Gasteiger partial charge in [0, 0.05) is 28.4 Å². The number of ketones is 1. The molecular weight excluding hydrogens is 388 g/mol. The molecule has 0 N–H and O–H groups in total. The van der Waals surface area contributed by atoms with Gasteiger partial charge in [0.05, 0.1) is 12.2 Å². The summed E-state index contributed by atoms with van der Waals surface area (Å²) >= 11 is 6.98. The van der Waals surface area contributed by atoms with Crippen LogP contribution in [-0.2, 0) is 4.74 Å². The second-order valence-electron chi connectivity index (χ2n) is 5.23. The molecule has 1 aliphatic heterocycles. The van der Waals surface area contributed by atoms with Crippen molar-refractivity contribution in [2.75, 3.05) is 25.2 Å². The summed E-state index contributed by atoms with van der Waals surface area (Å²) in [7, 11) is 0. The van der Waals surface area contributed by atoms with E-state index in [-0.39, 0.29) is 11.2 Å². The van der Waals surface area contributed by atoms with E-state index in [9.17, 15) is 4.79 Å². The van der Waals surface area contributed by atoms with Crippen LogP contribution in [0.4, 0.5) is 0 Å². The maximum atomic E-state index is 11.7. The van der Waals surface area contributed by atoms with Crippen LogP contribution >= 0.6 is 31.9 Å². The van der Waals surface area contributed by atoms with Gasteiger partial charge < -0.3 is 9.47 Å². The van der Waals surface area contributed by atoms with Crippen molar-refractivity contribution >= 4 is 37.6 Å². The highest BCUT2D eigenvalue weighted by Crippen LogP contribution is 2.34. The number of benzene rings is 1. The zero-order valence-electron chi connectivity index (χ0n) is 11.5. The van der Waals surface area contributed by atoms with Crippen molar-refractivity contribution < 1.29 is 14.3 Å². The molecular formula is C15H18Br2O3. The van der Waals surface area contributed by atoms with E-state index in [1.165, 1.54) is 0 Å². The third kappa shape index (κ3) is 3.83. The van der Waals surface area contributed by atoms with E-state index >= 15 is 0 Å². The largest absolute Gasteiger partial charge is 0.492 e. The van der Waals surface area contributed by atoms with Crippen molar-refractivity contribution in [3.63, 3.8) is 0 Å². The molecule has 0 aromatic heterocycles. The Hall–Kier alpha value is -0.390. The minimum atomic E-state index is 0.0150. The van der Waals surface area contributed by atoms with Crippen LogP contribution < -0.4 is 4.74 Å². The van der Waals surface area contributed by atoms with Crippen LogP contribution in [0.3, 0.4) is 0 Å². The Kier molecular flexibility index (Phi) is 5.64. The summed E-state index contributed by atoms with van der Waals surface area (Å²) in [5, 5.41) is 0.884. The van der Waals surface area contributed by atoms with Crippen LogP contribution in [-0.4, -0.2) is 30.9 Å².